The Labute approximate surface area is 226 Å². The fourth-order valence-electron chi connectivity index (χ4n) is 4.88. The lowest BCUT2D eigenvalue weighted by atomic mass is 9.76. The van der Waals surface area contributed by atoms with E-state index in [2.05, 4.69) is 20.5 Å². The zero-order valence-electron chi connectivity index (χ0n) is 22.7. The summed E-state index contributed by atoms with van der Waals surface area (Å²) in [5.41, 5.74) is -1.49. The van der Waals surface area contributed by atoms with Gasteiger partial charge in [-0.25, -0.2) is 0 Å². The molecular weight excluding hydrogens is 517 g/mol. The van der Waals surface area contributed by atoms with E-state index in [-0.39, 0.29) is 30.4 Å². The van der Waals surface area contributed by atoms with E-state index < -0.39 is 29.2 Å². The second-order valence-electron chi connectivity index (χ2n) is 10.0. The van der Waals surface area contributed by atoms with Crippen molar-refractivity contribution in [1.82, 2.24) is 15.5 Å². The van der Waals surface area contributed by atoms with Gasteiger partial charge in [0.25, 0.3) is 5.91 Å². The van der Waals surface area contributed by atoms with Crippen LogP contribution in [0.4, 0.5) is 13.2 Å². The number of allylic oxidation sites excluding steroid dienone is 1. The molecule has 216 valence electrons. The van der Waals surface area contributed by atoms with E-state index in [9.17, 15) is 27.9 Å². The molecule has 0 spiro atoms. The number of hydrogen-bond donors (Lipinski definition) is 3. The van der Waals surface area contributed by atoms with Gasteiger partial charge in [0.2, 0.25) is 5.91 Å². The molecule has 1 saturated heterocycles. The number of likely N-dealkylation sites (tertiary alicyclic amines) is 1. The van der Waals surface area contributed by atoms with Crippen molar-refractivity contribution in [3.05, 3.63) is 46.7 Å². The van der Waals surface area contributed by atoms with Crippen molar-refractivity contribution in [2.75, 3.05) is 33.9 Å². The Bertz CT molecular complexity index is 1080. The van der Waals surface area contributed by atoms with Crippen molar-refractivity contribution in [2.24, 2.45) is 4.99 Å². The molecule has 0 aromatic heterocycles. The largest absolute Gasteiger partial charge is 0.501 e. The van der Waals surface area contributed by atoms with E-state index in [1.165, 1.54) is 6.07 Å². The molecule has 12 heteroatoms. The van der Waals surface area contributed by atoms with Gasteiger partial charge in [0.05, 0.1) is 30.9 Å². The van der Waals surface area contributed by atoms with Crippen LogP contribution in [0.2, 0.25) is 0 Å². The number of carbonyl (C=O) groups excluding carboxylic acids is 2. The number of amides is 2. The molecule has 1 aliphatic carbocycles. The van der Waals surface area contributed by atoms with Crippen LogP contribution >= 0.6 is 0 Å². The second-order valence-corrected chi connectivity index (χ2v) is 10.0. The van der Waals surface area contributed by atoms with Crippen LogP contribution in [0.15, 0.2) is 40.6 Å². The first-order chi connectivity index (χ1) is 18.4. The van der Waals surface area contributed by atoms with Crippen molar-refractivity contribution < 1.29 is 37.3 Å². The maximum absolute atomic E-state index is 12.9. The van der Waals surface area contributed by atoms with Gasteiger partial charge in [-0.15, -0.1) is 0 Å². The molecule has 1 aromatic rings. The maximum atomic E-state index is 12.9. The highest BCUT2D eigenvalue weighted by molar-refractivity contribution is 5.96. The Hall–Kier alpha value is -2.96. The number of carbonyl (C=O) groups is 2. The number of benzene rings is 1. The molecule has 2 amide bonds. The van der Waals surface area contributed by atoms with E-state index in [0.717, 1.165) is 31.0 Å². The summed E-state index contributed by atoms with van der Waals surface area (Å²) < 4.78 is 49.2. The first-order valence-electron chi connectivity index (χ1n) is 12.9. The minimum Gasteiger partial charge on any atom is -0.501 e. The van der Waals surface area contributed by atoms with Gasteiger partial charge in [-0.2, -0.15) is 13.2 Å². The number of halogens is 3. The summed E-state index contributed by atoms with van der Waals surface area (Å²) in [4.78, 5) is 31.1. The minimum absolute atomic E-state index is 0.0855. The molecule has 1 atom stereocenters. The summed E-state index contributed by atoms with van der Waals surface area (Å²) in [6.07, 6.45) is -0.663. The van der Waals surface area contributed by atoms with Crippen LogP contribution in [-0.2, 0) is 20.4 Å². The first-order valence-corrected chi connectivity index (χ1v) is 12.9. The smallest absolute Gasteiger partial charge is 0.416 e. The Morgan fingerprint density at radius 3 is 2.51 bits per heavy atom. The molecule has 1 heterocycles. The standard InChI is InChI=1S/C27H37F3N4O5/c1-17(38-3)23(13-31-18(2)39-4)26(37)10-8-22(9-11-26)34-15-21(16-34)33-24(35)14-32-25(36)19-6-5-7-20(12-19)27(28,29)30/h5-7,12-13,18,21-22,37H,8-11,14-16H2,1-4H3,(H,32,36)(H,33,35)/b23-17-,31-13?. The number of ether oxygens (including phenoxy) is 2. The second kappa shape index (κ2) is 12.9. The van der Waals surface area contributed by atoms with Crippen molar-refractivity contribution >= 4 is 18.0 Å². The number of nitrogens with zero attached hydrogens (tertiary/aromatic N) is 2. The third kappa shape index (κ3) is 8.02. The molecule has 3 N–H and O–H groups in total. The average Bonchev–Trinajstić information content (AvgIpc) is 2.89. The van der Waals surface area contributed by atoms with E-state index >= 15 is 0 Å². The lowest BCUT2D eigenvalue weighted by molar-refractivity contribution is -0.137. The van der Waals surface area contributed by atoms with Gasteiger partial charge in [0.15, 0.2) is 0 Å². The van der Waals surface area contributed by atoms with Crippen LogP contribution < -0.4 is 10.6 Å². The number of hydrogen-bond acceptors (Lipinski definition) is 7. The SMILES string of the molecule is CO/C(C)=C(/C=NC(C)OC)C1(O)CCC(N2CC(NC(=O)CNC(=O)c3cccc(C(F)(F)F)c3)C2)CC1. The van der Waals surface area contributed by atoms with E-state index in [0.29, 0.717) is 37.3 Å². The first kappa shape index (κ1) is 30.6. The normalized spacial score (nSPS) is 24.1. The predicted octanol–water partition coefficient (Wildman–Crippen LogP) is 2.89. The predicted molar refractivity (Wildman–Crippen MR) is 139 cm³/mol. The Morgan fingerprint density at radius 2 is 1.92 bits per heavy atom. The highest BCUT2D eigenvalue weighted by atomic mass is 19.4. The van der Waals surface area contributed by atoms with Crippen molar-refractivity contribution in [1.29, 1.82) is 0 Å². The molecular formula is C27H37F3N4O5. The average molecular weight is 555 g/mol. The highest BCUT2D eigenvalue weighted by Crippen LogP contribution is 2.38. The van der Waals surface area contributed by atoms with Crippen LogP contribution in [-0.4, -0.2) is 85.8 Å². The van der Waals surface area contributed by atoms with E-state index in [1.807, 2.05) is 0 Å². The molecule has 1 saturated carbocycles. The summed E-state index contributed by atoms with van der Waals surface area (Å²) in [6, 6.07) is 4.23. The molecule has 2 aliphatic rings. The van der Waals surface area contributed by atoms with Crippen LogP contribution in [0.3, 0.4) is 0 Å². The highest BCUT2D eigenvalue weighted by Gasteiger charge is 2.42. The van der Waals surface area contributed by atoms with Gasteiger partial charge in [-0.3, -0.25) is 19.5 Å². The number of methoxy groups -OCH3 is 2. The molecule has 0 bridgehead atoms. The monoisotopic (exact) mass is 554 g/mol. The van der Waals surface area contributed by atoms with Gasteiger partial charge < -0.3 is 25.2 Å². The van der Waals surface area contributed by atoms with Gasteiger partial charge in [0.1, 0.15) is 12.0 Å². The molecule has 1 unspecified atom stereocenters. The number of aliphatic imine (C=N–C) groups is 1. The Morgan fingerprint density at radius 1 is 1.26 bits per heavy atom. The summed E-state index contributed by atoms with van der Waals surface area (Å²) in [5, 5.41) is 16.6. The molecule has 1 aromatic carbocycles. The number of aliphatic hydroxyl groups is 1. The van der Waals surface area contributed by atoms with E-state index in [1.54, 1.807) is 34.3 Å². The molecule has 0 radical (unpaired) electrons. The van der Waals surface area contributed by atoms with Crippen LogP contribution in [0.1, 0.15) is 55.5 Å². The number of rotatable bonds is 10. The molecule has 39 heavy (non-hydrogen) atoms. The van der Waals surface area contributed by atoms with Gasteiger partial charge in [-0.05, 0) is 57.7 Å². The molecule has 9 nitrogen and oxygen atoms in total. The van der Waals surface area contributed by atoms with Crippen LogP contribution in [0.25, 0.3) is 0 Å². The topological polar surface area (TPSA) is 112 Å². The fraction of sp³-hybridized carbons (Fsp3) is 0.593. The van der Waals surface area contributed by atoms with Crippen LogP contribution in [0, 0.1) is 0 Å². The van der Waals surface area contributed by atoms with Gasteiger partial charge in [0, 0.05) is 43.6 Å². The van der Waals surface area contributed by atoms with Gasteiger partial charge >= 0.3 is 6.18 Å². The third-order valence-corrected chi connectivity index (χ3v) is 7.38. The summed E-state index contributed by atoms with van der Waals surface area (Å²) in [7, 11) is 3.12. The minimum atomic E-state index is -4.56. The summed E-state index contributed by atoms with van der Waals surface area (Å²) in [5.74, 6) is -0.553. The quantitative estimate of drug-likeness (QED) is 0.303. The zero-order valence-corrected chi connectivity index (χ0v) is 22.7. The molecule has 1 aliphatic heterocycles. The number of alkyl halides is 3. The molecule has 2 fully saturated rings. The summed E-state index contributed by atoms with van der Waals surface area (Å²) >= 11 is 0. The lowest BCUT2D eigenvalue weighted by Gasteiger charge is -2.48. The Kier molecular flexibility index (Phi) is 10.1. The third-order valence-electron chi connectivity index (χ3n) is 7.38. The van der Waals surface area contributed by atoms with Gasteiger partial charge in [-0.1, -0.05) is 6.07 Å². The maximum Gasteiger partial charge on any atom is 0.416 e. The van der Waals surface area contributed by atoms with Crippen molar-refractivity contribution in [2.45, 2.75) is 69.6 Å². The van der Waals surface area contributed by atoms with Crippen molar-refractivity contribution in [3.63, 3.8) is 0 Å². The Balaban J connectivity index is 1.43. The number of nitrogens with one attached hydrogen (secondary N) is 2. The van der Waals surface area contributed by atoms with E-state index in [4.69, 9.17) is 9.47 Å². The summed E-state index contributed by atoms with van der Waals surface area (Å²) in [6.45, 7) is 4.56. The fourth-order valence-corrected chi connectivity index (χ4v) is 4.88. The van der Waals surface area contributed by atoms with Crippen LogP contribution in [0.5, 0.6) is 0 Å². The zero-order chi connectivity index (χ0) is 28.8. The van der Waals surface area contributed by atoms with Crippen molar-refractivity contribution in [3.8, 4) is 0 Å². The lowest BCUT2D eigenvalue weighted by Crippen LogP contribution is -2.63. The molecule has 3 rings (SSSR count).